The molecule has 1 saturated carbocycles. The van der Waals surface area contributed by atoms with Crippen molar-refractivity contribution in [3.8, 4) is 11.5 Å². The maximum Gasteiger partial charge on any atom is 0.255 e. The first kappa shape index (κ1) is 15.0. The van der Waals surface area contributed by atoms with Crippen molar-refractivity contribution < 1.29 is 18.7 Å². The highest BCUT2D eigenvalue weighted by molar-refractivity contribution is 6.04. The Morgan fingerprint density at radius 2 is 1.83 bits per heavy atom. The van der Waals surface area contributed by atoms with Crippen molar-refractivity contribution in [1.29, 1.82) is 0 Å². The number of rotatable bonds is 2. The Bertz CT molecular complexity index is 812. The maximum absolute atomic E-state index is 13.6. The Morgan fingerprint density at radius 1 is 1.08 bits per heavy atom. The van der Waals surface area contributed by atoms with Gasteiger partial charge in [0.15, 0.2) is 11.5 Å². The van der Waals surface area contributed by atoms with E-state index in [2.05, 4.69) is 5.32 Å². The molecule has 1 N–H and O–H groups in total. The Labute approximate surface area is 139 Å². The van der Waals surface area contributed by atoms with E-state index in [0.29, 0.717) is 22.7 Å². The fourth-order valence-electron chi connectivity index (χ4n) is 3.23. The van der Waals surface area contributed by atoms with Crippen molar-refractivity contribution in [2.24, 2.45) is 0 Å². The van der Waals surface area contributed by atoms with Gasteiger partial charge in [-0.05, 0) is 49.6 Å². The Kier molecular flexibility index (Phi) is 3.44. The summed E-state index contributed by atoms with van der Waals surface area (Å²) in [5.41, 5.74) is 1.39. The van der Waals surface area contributed by atoms with E-state index in [1.807, 2.05) is 0 Å². The summed E-state index contributed by atoms with van der Waals surface area (Å²) in [6, 6.07) is 9.75. The lowest BCUT2D eigenvalue weighted by atomic mass is 10.1. The number of benzene rings is 2. The number of hydrogen-bond donors (Lipinski definition) is 1. The minimum Gasteiger partial charge on any atom is -0.448 e. The van der Waals surface area contributed by atoms with Gasteiger partial charge < -0.3 is 14.8 Å². The topological polar surface area (TPSA) is 47.6 Å². The molecule has 24 heavy (non-hydrogen) atoms. The van der Waals surface area contributed by atoms with Gasteiger partial charge in [0.2, 0.25) is 0 Å². The summed E-state index contributed by atoms with van der Waals surface area (Å²) in [5, 5.41) is 2.77. The van der Waals surface area contributed by atoms with E-state index < -0.39 is 11.6 Å². The van der Waals surface area contributed by atoms with E-state index in [-0.39, 0.29) is 11.5 Å². The molecule has 1 spiro atoms. The molecular formula is C19H18FNO3. The van der Waals surface area contributed by atoms with Gasteiger partial charge in [-0.1, -0.05) is 6.07 Å². The Balaban J connectivity index is 1.52. The average Bonchev–Trinajstić information content (AvgIpc) is 3.15. The van der Waals surface area contributed by atoms with Crippen LogP contribution in [-0.2, 0) is 0 Å². The van der Waals surface area contributed by atoms with Crippen LogP contribution >= 0.6 is 0 Å². The van der Waals surface area contributed by atoms with Gasteiger partial charge in [-0.25, -0.2) is 4.39 Å². The summed E-state index contributed by atoms with van der Waals surface area (Å²) < 4.78 is 25.5. The number of anilines is 1. The van der Waals surface area contributed by atoms with Gasteiger partial charge in [0, 0.05) is 30.2 Å². The van der Waals surface area contributed by atoms with Gasteiger partial charge in [-0.15, -0.1) is 0 Å². The van der Waals surface area contributed by atoms with Gasteiger partial charge in [0.05, 0.1) is 0 Å². The van der Waals surface area contributed by atoms with Crippen LogP contribution in [0.2, 0.25) is 0 Å². The first-order valence-electron chi connectivity index (χ1n) is 8.14. The second-order valence-corrected chi connectivity index (χ2v) is 6.40. The highest BCUT2D eigenvalue weighted by Crippen LogP contribution is 2.47. The molecule has 4 rings (SSSR count). The molecule has 0 unspecified atom stereocenters. The fourth-order valence-corrected chi connectivity index (χ4v) is 3.23. The second-order valence-electron chi connectivity index (χ2n) is 6.40. The maximum atomic E-state index is 13.6. The predicted molar refractivity (Wildman–Crippen MR) is 88.0 cm³/mol. The summed E-state index contributed by atoms with van der Waals surface area (Å²) in [7, 11) is 0. The number of halogens is 1. The first-order valence-corrected chi connectivity index (χ1v) is 8.14. The van der Waals surface area contributed by atoms with Crippen molar-refractivity contribution in [2.45, 2.75) is 38.4 Å². The molecule has 124 valence electrons. The zero-order valence-electron chi connectivity index (χ0n) is 13.4. The lowest BCUT2D eigenvalue weighted by molar-refractivity contribution is -0.0716. The molecule has 2 aromatic carbocycles. The number of aryl methyl sites for hydroxylation is 1. The van der Waals surface area contributed by atoms with E-state index in [0.717, 1.165) is 25.7 Å². The van der Waals surface area contributed by atoms with E-state index in [9.17, 15) is 9.18 Å². The lowest BCUT2D eigenvalue weighted by Crippen LogP contribution is -2.34. The number of fused-ring (bicyclic) bond motifs is 1. The quantitative estimate of drug-likeness (QED) is 0.888. The summed E-state index contributed by atoms with van der Waals surface area (Å²) in [4.78, 5) is 12.3. The Hall–Kier alpha value is -2.56. The molecule has 1 aliphatic heterocycles. The van der Waals surface area contributed by atoms with E-state index in [4.69, 9.17) is 9.47 Å². The van der Waals surface area contributed by atoms with Gasteiger partial charge in [0.25, 0.3) is 11.7 Å². The number of amides is 1. The van der Waals surface area contributed by atoms with Crippen molar-refractivity contribution >= 4 is 11.6 Å². The average molecular weight is 327 g/mol. The predicted octanol–water partition coefficient (Wildman–Crippen LogP) is 4.43. The van der Waals surface area contributed by atoms with Crippen LogP contribution in [0.3, 0.4) is 0 Å². The minimum atomic E-state index is -0.523. The van der Waals surface area contributed by atoms with E-state index in [1.54, 1.807) is 37.3 Å². The molecule has 4 nitrogen and oxygen atoms in total. The molecule has 0 bridgehead atoms. The van der Waals surface area contributed by atoms with Crippen LogP contribution in [0, 0.1) is 12.7 Å². The largest absolute Gasteiger partial charge is 0.448 e. The number of carbonyl (C=O) groups excluding carboxylic acids is 1. The molecule has 0 radical (unpaired) electrons. The molecule has 2 aromatic rings. The van der Waals surface area contributed by atoms with Gasteiger partial charge >= 0.3 is 0 Å². The standard InChI is InChI=1S/C19H18FNO3/c1-12-4-5-13(10-15(12)20)18(22)21-14-6-7-16-17(11-14)24-19(23-16)8-2-3-9-19/h4-7,10-11H,2-3,8-9H2,1H3,(H,21,22). The van der Waals surface area contributed by atoms with Crippen molar-refractivity contribution in [3.05, 3.63) is 53.3 Å². The third-order valence-corrected chi connectivity index (χ3v) is 4.59. The van der Waals surface area contributed by atoms with Gasteiger partial charge in [-0.3, -0.25) is 4.79 Å². The molecule has 0 saturated heterocycles. The second kappa shape index (κ2) is 5.51. The molecule has 0 atom stereocenters. The van der Waals surface area contributed by atoms with Crippen LogP contribution in [0.15, 0.2) is 36.4 Å². The van der Waals surface area contributed by atoms with Crippen LogP contribution < -0.4 is 14.8 Å². The van der Waals surface area contributed by atoms with Crippen LogP contribution in [0.5, 0.6) is 11.5 Å². The summed E-state index contributed by atoms with van der Waals surface area (Å²) >= 11 is 0. The monoisotopic (exact) mass is 327 g/mol. The van der Waals surface area contributed by atoms with E-state index in [1.165, 1.54) is 6.07 Å². The first-order chi connectivity index (χ1) is 11.5. The number of carbonyl (C=O) groups is 1. The third kappa shape index (κ3) is 2.60. The number of ether oxygens (including phenoxy) is 2. The van der Waals surface area contributed by atoms with Crippen LogP contribution in [0.4, 0.5) is 10.1 Å². The highest BCUT2D eigenvalue weighted by Gasteiger charge is 2.44. The zero-order valence-corrected chi connectivity index (χ0v) is 13.4. The molecule has 5 heteroatoms. The highest BCUT2D eigenvalue weighted by atomic mass is 19.1. The smallest absolute Gasteiger partial charge is 0.255 e. The lowest BCUT2D eigenvalue weighted by Gasteiger charge is -2.21. The van der Waals surface area contributed by atoms with Crippen LogP contribution in [0.1, 0.15) is 41.6 Å². The molecule has 0 aromatic heterocycles. The van der Waals surface area contributed by atoms with Crippen molar-refractivity contribution in [3.63, 3.8) is 0 Å². The van der Waals surface area contributed by atoms with Crippen LogP contribution in [-0.4, -0.2) is 11.7 Å². The summed E-state index contributed by atoms with van der Waals surface area (Å²) in [6.45, 7) is 1.66. The number of nitrogens with one attached hydrogen (secondary N) is 1. The fraction of sp³-hybridized carbons (Fsp3) is 0.316. The molecule has 2 aliphatic rings. The van der Waals surface area contributed by atoms with Crippen molar-refractivity contribution in [2.75, 3.05) is 5.32 Å². The van der Waals surface area contributed by atoms with Gasteiger partial charge in [0.1, 0.15) is 5.82 Å². The molecular weight excluding hydrogens is 309 g/mol. The summed E-state index contributed by atoms with van der Waals surface area (Å²) in [6.07, 6.45) is 3.95. The molecule has 1 aliphatic carbocycles. The van der Waals surface area contributed by atoms with E-state index >= 15 is 0 Å². The molecule has 1 fully saturated rings. The SMILES string of the molecule is Cc1ccc(C(=O)Nc2ccc3c(c2)OC2(CCCC2)O3)cc1F. The molecule has 1 heterocycles. The van der Waals surface area contributed by atoms with Crippen molar-refractivity contribution in [1.82, 2.24) is 0 Å². The Morgan fingerprint density at radius 3 is 2.58 bits per heavy atom. The normalized spacial score (nSPS) is 17.2. The van der Waals surface area contributed by atoms with Crippen LogP contribution in [0.25, 0.3) is 0 Å². The zero-order chi connectivity index (χ0) is 16.7. The minimum absolute atomic E-state index is 0.281. The molecule has 1 amide bonds. The van der Waals surface area contributed by atoms with Gasteiger partial charge in [-0.2, -0.15) is 0 Å². The summed E-state index contributed by atoms with van der Waals surface area (Å²) in [5.74, 6) is 0.0753. The third-order valence-electron chi connectivity index (χ3n) is 4.59. The number of hydrogen-bond acceptors (Lipinski definition) is 3.